The van der Waals surface area contributed by atoms with Gasteiger partial charge in [-0.2, -0.15) is 0 Å². The maximum Gasteiger partial charge on any atom is 0.453 e. The molecular weight excluding hydrogens is 501 g/mol. The van der Waals surface area contributed by atoms with E-state index < -0.39 is 19.5 Å². The lowest BCUT2D eigenvalue weighted by molar-refractivity contribution is 0.137. The number of amides is 1. The highest BCUT2D eigenvalue weighted by Gasteiger charge is 2.41. The lowest BCUT2D eigenvalue weighted by Gasteiger charge is -2.28. The number of para-hydroxylation sites is 2. The first kappa shape index (κ1) is 26.5. The second-order valence-electron chi connectivity index (χ2n) is 8.39. The van der Waals surface area contributed by atoms with Gasteiger partial charge in [-0.05, 0) is 35.4 Å². The first-order valence-electron chi connectivity index (χ1n) is 11.9. The fraction of sp³-hybridized carbons (Fsp3) is 0.103. The Morgan fingerprint density at radius 3 is 1.76 bits per heavy atom. The molecule has 0 saturated heterocycles. The third kappa shape index (κ3) is 7.48. The van der Waals surface area contributed by atoms with Gasteiger partial charge in [0, 0.05) is 12.0 Å². The van der Waals surface area contributed by atoms with Crippen LogP contribution in [-0.2, 0) is 22.3 Å². The third-order valence-electron chi connectivity index (χ3n) is 5.52. The van der Waals surface area contributed by atoms with E-state index in [1.807, 2.05) is 42.5 Å². The van der Waals surface area contributed by atoms with E-state index >= 15 is 0 Å². The number of alkyl carbamates (subject to hydrolysis) is 1. The summed E-state index contributed by atoms with van der Waals surface area (Å²) in [4.78, 5) is 12.9. The average Bonchev–Trinajstić information content (AvgIpc) is 2.93. The molecule has 0 aliphatic carbocycles. The Bertz CT molecular complexity index is 1340. The van der Waals surface area contributed by atoms with Crippen LogP contribution in [0.2, 0.25) is 0 Å². The first-order valence-corrected chi connectivity index (χ1v) is 13.5. The molecule has 194 valence electrons. The van der Waals surface area contributed by atoms with Crippen molar-refractivity contribution in [3.05, 3.63) is 132 Å². The molecule has 1 atom stereocenters. The molecule has 0 fully saturated rings. The monoisotopic (exact) mass is 529 g/mol. The lowest BCUT2D eigenvalue weighted by atomic mass is 10.1. The topological polar surface area (TPSA) is 124 Å². The smallest absolute Gasteiger partial charge is 0.445 e. The second-order valence-corrected chi connectivity index (χ2v) is 10.5. The number of carbonyl (C=O) groups is 1. The highest BCUT2D eigenvalue weighted by molar-refractivity contribution is 7.55. The fourth-order valence-corrected chi connectivity index (χ4v) is 5.41. The van der Waals surface area contributed by atoms with Crippen molar-refractivity contribution in [2.75, 3.05) is 0 Å². The van der Waals surface area contributed by atoms with E-state index in [2.05, 4.69) is 5.32 Å². The molecule has 4 N–H and O–H groups in total. The van der Waals surface area contributed by atoms with Crippen LogP contribution in [0.15, 0.2) is 115 Å². The molecule has 0 aliphatic rings. The normalized spacial score (nSPS) is 11.7. The van der Waals surface area contributed by atoms with E-state index in [9.17, 15) is 9.36 Å². The van der Waals surface area contributed by atoms with Crippen LogP contribution < -0.4 is 20.1 Å². The maximum absolute atomic E-state index is 14.5. The van der Waals surface area contributed by atoms with Gasteiger partial charge in [0.1, 0.15) is 23.9 Å². The summed E-state index contributed by atoms with van der Waals surface area (Å²) in [5, 5.41) is 10.3. The maximum atomic E-state index is 14.5. The van der Waals surface area contributed by atoms with Crippen LogP contribution in [0.1, 0.15) is 16.7 Å². The molecule has 38 heavy (non-hydrogen) atoms. The molecule has 0 aromatic heterocycles. The number of hydrogen-bond donors (Lipinski definition) is 3. The summed E-state index contributed by atoms with van der Waals surface area (Å²) in [5.74, 6) is -0.540. The molecule has 0 radical (unpaired) electrons. The van der Waals surface area contributed by atoms with Crippen molar-refractivity contribution >= 4 is 19.5 Å². The van der Waals surface area contributed by atoms with E-state index in [1.54, 1.807) is 72.8 Å². The van der Waals surface area contributed by atoms with Crippen LogP contribution in [0.25, 0.3) is 0 Å². The first-order chi connectivity index (χ1) is 18.4. The van der Waals surface area contributed by atoms with Crippen LogP contribution in [0.4, 0.5) is 4.79 Å². The summed E-state index contributed by atoms with van der Waals surface area (Å²) in [5.41, 5.74) is 7.65. The lowest BCUT2D eigenvalue weighted by Crippen LogP contribution is -2.39. The molecule has 9 heteroatoms. The van der Waals surface area contributed by atoms with Crippen molar-refractivity contribution in [2.24, 2.45) is 5.73 Å². The van der Waals surface area contributed by atoms with Crippen molar-refractivity contribution < 1.29 is 23.1 Å². The number of carbonyl (C=O) groups excluding carboxylic acids is 1. The summed E-state index contributed by atoms with van der Waals surface area (Å²) >= 11 is 0. The van der Waals surface area contributed by atoms with Gasteiger partial charge in [0.25, 0.3) is 0 Å². The van der Waals surface area contributed by atoms with E-state index in [0.29, 0.717) is 17.1 Å². The molecule has 0 spiro atoms. The van der Waals surface area contributed by atoms with E-state index in [4.69, 9.17) is 24.9 Å². The summed E-state index contributed by atoms with van der Waals surface area (Å²) in [6.45, 7) is 0.0378. The minimum absolute atomic E-state index is 0.0378. The SMILES string of the molecule is N=C(N)c1ccc(C[C@H](NC(=O)OCc2ccccc2)P(=O)(Oc2ccccc2)Oc2ccccc2)cc1. The Hall–Kier alpha value is -4.55. The molecular formula is C29H28N3O5P. The minimum atomic E-state index is -4.10. The van der Waals surface area contributed by atoms with Crippen LogP contribution >= 0.6 is 7.60 Å². The Kier molecular flexibility index (Phi) is 8.80. The van der Waals surface area contributed by atoms with E-state index in [1.165, 1.54) is 0 Å². The largest absolute Gasteiger partial charge is 0.453 e. The standard InChI is InChI=1S/C29H28N3O5P/c30-28(31)24-18-16-22(17-19-24)20-27(32-29(33)35-21-23-10-4-1-5-11-23)38(34,36-25-12-6-2-7-13-25)37-26-14-8-3-9-15-26/h1-19,27H,20-21H2,(H3,30,31)(H,32,33)/t27-/m1/s1. The van der Waals surface area contributed by atoms with Gasteiger partial charge < -0.3 is 24.8 Å². The predicted octanol–water partition coefficient (Wildman–Crippen LogP) is 6.12. The fourth-order valence-electron chi connectivity index (χ4n) is 3.59. The zero-order chi connectivity index (χ0) is 26.8. The van der Waals surface area contributed by atoms with Crippen LogP contribution in [0, 0.1) is 5.41 Å². The number of nitrogen functional groups attached to an aromatic ring is 1. The summed E-state index contributed by atoms with van der Waals surface area (Å²) in [6, 6.07) is 33.4. The van der Waals surface area contributed by atoms with Crippen molar-refractivity contribution in [3.63, 3.8) is 0 Å². The summed E-state index contributed by atoms with van der Waals surface area (Å²) in [7, 11) is -4.10. The number of ether oxygens (including phenoxy) is 1. The zero-order valence-corrected chi connectivity index (χ0v) is 21.4. The number of benzene rings is 4. The number of nitrogens with two attached hydrogens (primary N) is 1. The quantitative estimate of drug-likeness (QED) is 0.122. The van der Waals surface area contributed by atoms with Crippen molar-refractivity contribution in [1.82, 2.24) is 5.32 Å². The molecule has 4 aromatic rings. The molecule has 0 aliphatic heterocycles. The Morgan fingerprint density at radius 1 is 0.763 bits per heavy atom. The molecule has 4 rings (SSSR count). The van der Waals surface area contributed by atoms with Gasteiger partial charge in [0.05, 0.1) is 0 Å². The molecule has 0 bridgehead atoms. The second kappa shape index (κ2) is 12.6. The summed E-state index contributed by atoms with van der Waals surface area (Å²) in [6.07, 6.45) is -0.678. The van der Waals surface area contributed by atoms with Crippen molar-refractivity contribution in [2.45, 2.75) is 18.8 Å². The third-order valence-corrected chi connectivity index (χ3v) is 7.53. The minimum Gasteiger partial charge on any atom is -0.445 e. The van der Waals surface area contributed by atoms with Crippen LogP contribution in [-0.4, -0.2) is 17.7 Å². The molecule has 0 saturated carbocycles. The Labute approximate surface area is 221 Å². The molecule has 8 nitrogen and oxygen atoms in total. The molecule has 0 unspecified atom stereocenters. The van der Waals surface area contributed by atoms with E-state index in [-0.39, 0.29) is 18.9 Å². The van der Waals surface area contributed by atoms with Gasteiger partial charge in [-0.15, -0.1) is 0 Å². The summed E-state index contributed by atoms with van der Waals surface area (Å²) < 4.78 is 31.8. The number of amidine groups is 1. The van der Waals surface area contributed by atoms with Gasteiger partial charge in [0.15, 0.2) is 5.78 Å². The number of rotatable bonds is 11. The van der Waals surface area contributed by atoms with Gasteiger partial charge >= 0.3 is 13.7 Å². The predicted molar refractivity (Wildman–Crippen MR) is 146 cm³/mol. The Morgan fingerprint density at radius 2 is 1.26 bits per heavy atom. The molecule has 0 heterocycles. The average molecular weight is 530 g/mol. The Balaban J connectivity index is 1.64. The van der Waals surface area contributed by atoms with Gasteiger partial charge in [-0.25, -0.2) is 9.36 Å². The molecule has 1 amide bonds. The number of nitrogens with one attached hydrogen (secondary N) is 2. The van der Waals surface area contributed by atoms with Gasteiger partial charge in [-0.1, -0.05) is 91.0 Å². The number of hydrogen-bond acceptors (Lipinski definition) is 6. The van der Waals surface area contributed by atoms with Crippen molar-refractivity contribution in [3.8, 4) is 11.5 Å². The highest BCUT2D eigenvalue weighted by atomic mass is 31.2. The highest BCUT2D eigenvalue weighted by Crippen LogP contribution is 2.53. The zero-order valence-electron chi connectivity index (χ0n) is 20.5. The van der Waals surface area contributed by atoms with Crippen LogP contribution in [0.5, 0.6) is 11.5 Å². The van der Waals surface area contributed by atoms with Gasteiger partial charge in [0.2, 0.25) is 0 Å². The van der Waals surface area contributed by atoms with Crippen LogP contribution in [0.3, 0.4) is 0 Å². The van der Waals surface area contributed by atoms with Crippen molar-refractivity contribution in [1.29, 1.82) is 5.41 Å². The van der Waals surface area contributed by atoms with E-state index in [0.717, 1.165) is 11.1 Å². The van der Waals surface area contributed by atoms with Gasteiger partial charge in [-0.3, -0.25) is 5.41 Å². The molecule has 4 aromatic carbocycles.